The van der Waals surface area contributed by atoms with Gasteiger partial charge in [-0.1, -0.05) is 12.5 Å². The number of likely N-dealkylation sites (tertiary alicyclic amines) is 1. The van der Waals surface area contributed by atoms with Crippen LogP contribution in [0.1, 0.15) is 90.5 Å². The van der Waals surface area contributed by atoms with E-state index in [0.29, 0.717) is 29.2 Å². The number of aliphatic hydroxyl groups is 1. The summed E-state index contributed by atoms with van der Waals surface area (Å²) in [7, 11) is 0. The molecular weight excluding hydrogens is 564 g/mol. The maximum absolute atomic E-state index is 14.6. The quantitative estimate of drug-likeness (QED) is 0.237. The molecule has 11 heteroatoms. The number of nitrogens with zero attached hydrogens (tertiary/aromatic N) is 5. The number of nitrogens with one attached hydrogen (secondary N) is 2. The summed E-state index contributed by atoms with van der Waals surface area (Å²) in [6.07, 6.45) is 13.2. The van der Waals surface area contributed by atoms with Gasteiger partial charge in [-0.05, 0) is 109 Å². The Morgan fingerprint density at radius 3 is 2.34 bits per heavy atom. The molecule has 3 aromatic rings. The number of halogens is 2. The van der Waals surface area contributed by atoms with Crippen LogP contribution in [0.3, 0.4) is 0 Å². The molecular formula is C33H47F2N7O2. The number of hydrogen-bond donors (Lipinski definition) is 3. The molecule has 1 aliphatic heterocycles. The number of rotatable bonds is 10. The third kappa shape index (κ3) is 7.32. The van der Waals surface area contributed by atoms with Crippen LogP contribution in [0.5, 0.6) is 0 Å². The maximum atomic E-state index is 14.6. The van der Waals surface area contributed by atoms with Gasteiger partial charge in [-0.3, -0.25) is 4.57 Å². The monoisotopic (exact) mass is 611 g/mol. The molecule has 3 fully saturated rings. The van der Waals surface area contributed by atoms with Gasteiger partial charge in [0.1, 0.15) is 22.8 Å². The molecule has 2 saturated carbocycles. The summed E-state index contributed by atoms with van der Waals surface area (Å²) in [5.74, 6) is -0.321. The van der Waals surface area contributed by atoms with Crippen LogP contribution in [0.15, 0.2) is 24.4 Å². The molecule has 0 atom stereocenters. The number of ether oxygens (including phenoxy) is 1. The molecule has 6 rings (SSSR count). The highest BCUT2D eigenvalue weighted by Gasteiger charge is 2.34. The van der Waals surface area contributed by atoms with Crippen molar-refractivity contribution < 1.29 is 18.6 Å². The highest BCUT2D eigenvalue weighted by atomic mass is 19.1. The predicted molar refractivity (Wildman–Crippen MR) is 168 cm³/mol. The Bertz CT molecular complexity index is 1370. The van der Waals surface area contributed by atoms with Gasteiger partial charge in [-0.2, -0.15) is 4.98 Å². The Morgan fingerprint density at radius 1 is 0.955 bits per heavy atom. The molecule has 1 saturated heterocycles. The van der Waals surface area contributed by atoms with Gasteiger partial charge < -0.3 is 25.4 Å². The zero-order chi connectivity index (χ0) is 30.7. The van der Waals surface area contributed by atoms with E-state index in [9.17, 15) is 13.9 Å². The lowest BCUT2D eigenvalue weighted by atomic mass is 9.77. The number of aromatic nitrogens is 4. The minimum absolute atomic E-state index is 0.0104. The van der Waals surface area contributed by atoms with Gasteiger partial charge in [0.15, 0.2) is 5.65 Å². The first-order chi connectivity index (χ1) is 21.2. The number of hydrogen-bond acceptors (Lipinski definition) is 8. The van der Waals surface area contributed by atoms with Crippen molar-refractivity contribution in [2.24, 2.45) is 5.92 Å². The summed E-state index contributed by atoms with van der Waals surface area (Å²) in [5, 5.41) is 17.1. The Hall–Kier alpha value is -2.89. The minimum Gasteiger partial charge on any atom is -0.390 e. The fourth-order valence-electron chi connectivity index (χ4n) is 7.25. The SMILES string of the molecule is CC(C)(O)C1CCC(n2c(Nc3c(F)cccc3F)nc3cnc(NC4CCC(OCCN5CCCCC5)CC4)nc32)CC1. The Kier molecular flexibility index (Phi) is 9.63. The van der Waals surface area contributed by atoms with Crippen molar-refractivity contribution in [1.82, 2.24) is 24.4 Å². The largest absolute Gasteiger partial charge is 0.390 e. The van der Waals surface area contributed by atoms with Gasteiger partial charge in [0.2, 0.25) is 11.9 Å². The summed E-state index contributed by atoms with van der Waals surface area (Å²) in [6, 6.07) is 4.05. The predicted octanol–water partition coefficient (Wildman–Crippen LogP) is 6.58. The minimum atomic E-state index is -0.754. The average molecular weight is 612 g/mol. The average Bonchev–Trinajstić information content (AvgIpc) is 3.37. The summed E-state index contributed by atoms with van der Waals surface area (Å²) >= 11 is 0. The lowest BCUT2D eigenvalue weighted by molar-refractivity contribution is -0.00457. The number of fused-ring (bicyclic) bond motifs is 1. The van der Waals surface area contributed by atoms with Crippen molar-refractivity contribution in [2.45, 2.75) is 108 Å². The Balaban J connectivity index is 1.15. The molecule has 0 spiro atoms. The van der Waals surface area contributed by atoms with Crippen LogP contribution in [0, 0.1) is 17.6 Å². The third-order valence-electron chi connectivity index (χ3n) is 9.91. The van der Waals surface area contributed by atoms with Crippen LogP contribution in [-0.2, 0) is 4.74 Å². The van der Waals surface area contributed by atoms with Crippen LogP contribution in [0.25, 0.3) is 11.2 Å². The van der Waals surface area contributed by atoms with Crippen LogP contribution in [-0.4, -0.2) is 73.5 Å². The highest BCUT2D eigenvalue weighted by molar-refractivity contribution is 5.76. The van der Waals surface area contributed by atoms with Crippen LogP contribution >= 0.6 is 0 Å². The molecule has 2 aromatic heterocycles. The summed E-state index contributed by atoms with van der Waals surface area (Å²) in [5.41, 5.74) is 0.194. The van der Waals surface area contributed by atoms with Gasteiger partial charge >= 0.3 is 0 Å². The highest BCUT2D eigenvalue weighted by Crippen LogP contribution is 2.41. The first-order valence-electron chi connectivity index (χ1n) is 16.5. The number of piperidine rings is 1. The van der Waals surface area contributed by atoms with E-state index in [1.54, 1.807) is 6.20 Å². The molecule has 9 nitrogen and oxygen atoms in total. The molecule has 1 aromatic carbocycles. The summed E-state index contributed by atoms with van der Waals surface area (Å²) in [6.45, 7) is 7.95. The van der Waals surface area contributed by atoms with Crippen LogP contribution in [0.4, 0.5) is 26.4 Å². The molecule has 3 N–H and O–H groups in total. The molecule has 0 unspecified atom stereocenters. The van der Waals surface area contributed by atoms with E-state index in [-0.39, 0.29) is 23.7 Å². The number of imidazole rings is 1. The Morgan fingerprint density at radius 2 is 1.66 bits per heavy atom. The molecule has 2 aliphatic carbocycles. The van der Waals surface area contributed by atoms with Crippen molar-refractivity contribution in [1.29, 1.82) is 0 Å². The topological polar surface area (TPSA) is 100 Å². The van der Waals surface area contributed by atoms with Crippen molar-refractivity contribution >= 4 is 28.7 Å². The fraction of sp³-hybridized carbons (Fsp3) is 0.667. The zero-order valence-electron chi connectivity index (χ0n) is 26.1. The number of benzene rings is 1. The standard InChI is InChI=1S/C33H47F2N7O2/c1-33(2,43)22-9-13-24(14-10-22)42-30-28(38-32(42)39-29-26(34)7-6-8-27(29)35)21-36-31(40-30)37-23-11-15-25(16-12-23)44-20-19-41-17-4-3-5-18-41/h6-8,21-25,43H,3-5,9-20H2,1-2H3,(H,38,39)(H,36,37,40). The fourth-order valence-corrected chi connectivity index (χ4v) is 7.25. The van der Waals surface area contributed by atoms with E-state index in [1.165, 1.54) is 50.6 Å². The smallest absolute Gasteiger partial charge is 0.224 e. The Labute approximate surface area is 258 Å². The third-order valence-corrected chi connectivity index (χ3v) is 9.91. The second-order valence-corrected chi connectivity index (χ2v) is 13.5. The van der Waals surface area contributed by atoms with E-state index in [1.807, 2.05) is 18.4 Å². The van der Waals surface area contributed by atoms with E-state index in [4.69, 9.17) is 9.72 Å². The molecule has 0 amide bonds. The summed E-state index contributed by atoms with van der Waals surface area (Å²) < 4.78 is 37.5. The van der Waals surface area contributed by atoms with Crippen molar-refractivity contribution in [3.8, 4) is 0 Å². The lowest BCUT2D eigenvalue weighted by Crippen LogP contribution is -2.35. The second kappa shape index (κ2) is 13.6. The molecule has 0 bridgehead atoms. The van der Waals surface area contributed by atoms with Crippen LogP contribution < -0.4 is 10.6 Å². The maximum Gasteiger partial charge on any atom is 0.224 e. The number of para-hydroxylation sites is 1. The molecule has 44 heavy (non-hydrogen) atoms. The lowest BCUT2D eigenvalue weighted by Gasteiger charge is -2.36. The van der Waals surface area contributed by atoms with Crippen molar-refractivity contribution in [2.75, 3.05) is 36.9 Å². The van der Waals surface area contributed by atoms with Crippen LogP contribution in [0.2, 0.25) is 0 Å². The van der Waals surface area contributed by atoms with Gasteiger partial charge in [0.05, 0.1) is 24.5 Å². The van der Waals surface area contributed by atoms with Gasteiger partial charge in [-0.25, -0.2) is 18.7 Å². The van der Waals surface area contributed by atoms with Crippen molar-refractivity contribution in [3.63, 3.8) is 0 Å². The van der Waals surface area contributed by atoms with E-state index in [2.05, 4.69) is 25.5 Å². The van der Waals surface area contributed by atoms with Gasteiger partial charge in [0.25, 0.3) is 0 Å². The first kappa shape index (κ1) is 31.1. The molecule has 3 heterocycles. The normalized spacial score (nSPS) is 25.3. The summed E-state index contributed by atoms with van der Waals surface area (Å²) in [4.78, 5) is 16.7. The second-order valence-electron chi connectivity index (χ2n) is 13.5. The van der Waals surface area contributed by atoms with Gasteiger partial charge in [-0.15, -0.1) is 0 Å². The molecule has 0 radical (unpaired) electrons. The first-order valence-corrected chi connectivity index (χ1v) is 16.5. The molecule has 3 aliphatic rings. The van der Waals surface area contributed by atoms with E-state index in [0.717, 1.165) is 64.5 Å². The van der Waals surface area contributed by atoms with Gasteiger partial charge in [0, 0.05) is 18.6 Å². The number of anilines is 3. The van der Waals surface area contributed by atoms with E-state index < -0.39 is 17.2 Å². The van der Waals surface area contributed by atoms with E-state index >= 15 is 0 Å². The molecule has 240 valence electrons. The zero-order valence-corrected chi connectivity index (χ0v) is 26.1. The van der Waals surface area contributed by atoms with Crippen molar-refractivity contribution in [3.05, 3.63) is 36.0 Å².